The molecule has 2 N–H and O–H groups in total. The summed E-state index contributed by atoms with van der Waals surface area (Å²) < 4.78 is 0. The first-order chi connectivity index (χ1) is 11.8. The summed E-state index contributed by atoms with van der Waals surface area (Å²) in [6, 6.07) is 0. The maximum absolute atomic E-state index is 12.0. The number of hydrogen-bond donors (Lipinski definition) is 2. The summed E-state index contributed by atoms with van der Waals surface area (Å²) >= 11 is 0. The normalized spacial score (nSPS) is 53.7. The fourth-order valence-corrected chi connectivity index (χ4v) is 8.12. The molecule has 25 heavy (non-hydrogen) atoms. The number of rotatable bonds is 2. The summed E-state index contributed by atoms with van der Waals surface area (Å²) in [4.78, 5) is 12.0. The summed E-state index contributed by atoms with van der Waals surface area (Å²) in [6.07, 6.45) is 7.92. The van der Waals surface area contributed by atoms with Gasteiger partial charge in [-0.15, -0.1) is 0 Å². The number of aliphatic hydroxyl groups excluding tert-OH is 2. The summed E-state index contributed by atoms with van der Waals surface area (Å²) in [5.41, 5.74) is 0.526. The smallest absolute Gasteiger partial charge is 0.133 e. The first-order valence-corrected chi connectivity index (χ1v) is 10.6. The number of fused-ring (bicyclic) bond motifs is 5. The fourth-order valence-electron chi connectivity index (χ4n) is 8.12. The Bertz CT molecular complexity index is 545. The van der Waals surface area contributed by atoms with Crippen molar-refractivity contribution in [2.45, 2.75) is 78.2 Å². The van der Waals surface area contributed by atoms with Gasteiger partial charge >= 0.3 is 0 Å². The van der Waals surface area contributed by atoms with Crippen LogP contribution in [0.2, 0.25) is 0 Å². The molecule has 142 valence electrons. The fraction of sp³-hybridized carbons (Fsp3) is 0.955. The van der Waals surface area contributed by atoms with Gasteiger partial charge in [-0.05, 0) is 84.9 Å². The zero-order valence-corrected chi connectivity index (χ0v) is 16.2. The Labute approximate surface area is 152 Å². The summed E-state index contributed by atoms with van der Waals surface area (Å²) in [5, 5.41) is 20.9. The van der Waals surface area contributed by atoms with Crippen molar-refractivity contribution in [2.75, 3.05) is 6.61 Å². The minimum Gasteiger partial charge on any atom is -0.396 e. The molecule has 4 aliphatic carbocycles. The molecule has 4 rings (SSSR count). The molecule has 0 amide bonds. The molecule has 4 fully saturated rings. The summed E-state index contributed by atoms with van der Waals surface area (Å²) in [5.74, 6) is 3.33. The van der Waals surface area contributed by atoms with Crippen molar-refractivity contribution in [2.24, 2.45) is 46.3 Å². The number of aliphatic hydroxyl groups is 2. The highest BCUT2D eigenvalue weighted by atomic mass is 16.3. The minimum atomic E-state index is -0.234. The molecule has 3 heteroatoms. The van der Waals surface area contributed by atoms with Crippen LogP contribution in [-0.4, -0.2) is 28.7 Å². The topological polar surface area (TPSA) is 57.5 Å². The zero-order valence-electron chi connectivity index (χ0n) is 16.2. The van der Waals surface area contributed by atoms with E-state index in [1.807, 2.05) is 0 Å². The molecule has 0 saturated heterocycles. The highest BCUT2D eigenvalue weighted by Gasteiger charge is 2.62. The van der Waals surface area contributed by atoms with E-state index in [9.17, 15) is 15.0 Å². The third kappa shape index (κ3) is 2.48. The molecular formula is C22H36O3. The Hall–Kier alpha value is -0.410. The first-order valence-electron chi connectivity index (χ1n) is 10.6. The van der Waals surface area contributed by atoms with Gasteiger partial charge < -0.3 is 10.2 Å². The van der Waals surface area contributed by atoms with Gasteiger partial charge in [-0.25, -0.2) is 0 Å². The van der Waals surface area contributed by atoms with Crippen molar-refractivity contribution in [1.29, 1.82) is 0 Å². The van der Waals surface area contributed by atoms with Gasteiger partial charge in [-0.1, -0.05) is 20.8 Å². The molecule has 0 heterocycles. The van der Waals surface area contributed by atoms with Crippen molar-refractivity contribution in [3.63, 3.8) is 0 Å². The lowest BCUT2D eigenvalue weighted by atomic mass is 9.44. The molecule has 0 aromatic heterocycles. The average molecular weight is 349 g/mol. The van der Waals surface area contributed by atoms with Crippen LogP contribution in [0.15, 0.2) is 0 Å². The van der Waals surface area contributed by atoms with Gasteiger partial charge in [0.1, 0.15) is 5.78 Å². The van der Waals surface area contributed by atoms with Gasteiger partial charge in [0, 0.05) is 19.4 Å². The van der Waals surface area contributed by atoms with Crippen LogP contribution in [0.5, 0.6) is 0 Å². The van der Waals surface area contributed by atoms with Crippen molar-refractivity contribution >= 4 is 5.78 Å². The molecule has 2 unspecified atom stereocenters. The minimum absolute atomic E-state index is 0.234. The second kappa shape index (κ2) is 6.05. The second-order valence-electron chi connectivity index (χ2n) is 10.4. The Morgan fingerprint density at radius 2 is 1.84 bits per heavy atom. The van der Waals surface area contributed by atoms with E-state index in [0.29, 0.717) is 47.7 Å². The van der Waals surface area contributed by atoms with Crippen LogP contribution in [0.1, 0.15) is 72.1 Å². The van der Waals surface area contributed by atoms with E-state index in [1.54, 1.807) is 0 Å². The van der Waals surface area contributed by atoms with E-state index in [4.69, 9.17) is 0 Å². The van der Waals surface area contributed by atoms with Crippen LogP contribution in [0.4, 0.5) is 0 Å². The number of ketones is 1. The lowest BCUT2D eigenvalue weighted by Crippen LogP contribution is -2.58. The lowest BCUT2D eigenvalue weighted by molar-refractivity contribution is -0.169. The third-order valence-corrected chi connectivity index (χ3v) is 9.55. The lowest BCUT2D eigenvalue weighted by Gasteiger charge is -2.61. The molecule has 0 aromatic carbocycles. The van der Waals surface area contributed by atoms with E-state index < -0.39 is 0 Å². The molecule has 0 bridgehead atoms. The number of carbonyl (C=O) groups excluding carboxylic acids is 1. The molecule has 4 aliphatic rings. The molecule has 9 atom stereocenters. The molecule has 4 saturated carbocycles. The number of hydrogen-bond acceptors (Lipinski definition) is 3. The van der Waals surface area contributed by atoms with Gasteiger partial charge in [0.2, 0.25) is 0 Å². The SMILES string of the molecule is C[C@H](CO)[C@H]1CC[C@H]2[C@@H]3C(O)CC4CC(=O)CC[C@]4(C)[C@H]3CC[C@]12C. The molecule has 0 aliphatic heterocycles. The predicted octanol–water partition coefficient (Wildman–Crippen LogP) is 3.81. The summed E-state index contributed by atoms with van der Waals surface area (Å²) in [7, 11) is 0. The standard InChI is InChI=1S/C22H36O3/c1-13(12-23)16-4-5-17-20-18(7-9-22(16,17)3)21(2)8-6-15(24)10-14(21)11-19(20)25/h13-14,16-20,23,25H,4-12H2,1-3H3/t13-,14?,16-,17+,18+,19?,20+,21+,22-/m1/s1. The second-order valence-corrected chi connectivity index (χ2v) is 10.4. The average Bonchev–Trinajstić information content (AvgIpc) is 2.93. The van der Waals surface area contributed by atoms with E-state index in [0.717, 1.165) is 19.3 Å². The van der Waals surface area contributed by atoms with Gasteiger partial charge in [-0.3, -0.25) is 4.79 Å². The van der Waals surface area contributed by atoms with Crippen LogP contribution in [-0.2, 0) is 4.79 Å². The van der Waals surface area contributed by atoms with E-state index >= 15 is 0 Å². The Morgan fingerprint density at radius 1 is 1.12 bits per heavy atom. The van der Waals surface area contributed by atoms with Gasteiger partial charge in [-0.2, -0.15) is 0 Å². The number of Topliss-reactive ketones (excluding diaryl/α,β-unsaturated/α-hetero) is 1. The first kappa shape index (κ1) is 18.0. The van der Waals surface area contributed by atoms with Crippen molar-refractivity contribution in [1.82, 2.24) is 0 Å². The highest BCUT2D eigenvalue weighted by Crippen LogP contribution is 2.67. The Balaban J connectivity index is 1.64. The van der Waals surface area contributed by atoms with Gasteiger partial charge in [0.15, 0.2) is 0 Å². The molecular weight excluding hydrogens is 312 g/mol. The maximum Gasteiger partial charge on any atom is 0.133 e. The molecule has 3 nitrogen and oxygen atoms in total. The Kier molecular flexibility index (Phi) is 4.35. The number of carbonyl (C=O) groups is 1. The highest BCUT2D eigenvalue weighted by molar-refractivity contribution is 5.79. The van der Waals surface area contributed by atoms with E-state index in [2.05, 4.69) is 20.8 Å². The van der Waals surface area contributed by atoms with Crippen LogP contribution in [0.25, 0.3) is 0 Å². The van der Waals surface area contributed by atoms with Crippen LogP contribution in [0.3, 0.4) is 0 Å². The largest absolute Gasteiger partial charge is 0.396 e. The maximum atomic E-state index is 12.0. The van der Waals surface area contributed by atoms with Crippen LogP contribution >= 0.6 is 0 Å². The molecule has 0 radical (unpaired) electrons. The monoisotopic (exact) mass is 348 g/mol. The summed E-state index contributed by atoms with van der Waals surface area (Å²) in [6.45, 7) is 7.36. The van der Waals surface area contributed by atoms with Crippen LogP contribution in [0, 0.1) is 46.3 Å². The molecule has 0 aromatic rings. The quantitative estimate of drug-likeness (QED) is 0.798. The van der Waals surface area contributed by atoms with Crippen molar-refractivity contribution in [3.8, 4) is 0 Å². The predicted molar refractivity (Wildman–Crippen MR) is 97.9 cm³/mol. The van der Waals surface area contributed by atoms with Gasteiger partial charge in [0.05, 0.1) is 6.10 Å². The van der Waals surface area contributed by atoms with E-state index in [1.165, 1.54) is 25.7 Å². The molecule has 0 spiro atoms. The van der Waals surface area contributed by atoms with Crippen molar-refractivity contribution < 1.29 is 15.0 Å². The van der Waals surface area contributed by atoms with Crippen molar-refractivity contribution in [3.05, 3.63) is 0 Å². The zero-order chi connectivity index (χ0) is 18.0. The Morgan fingerprint density at radius 3 is 2.56 bits per heavy atom. The third-order valence-electron chi connectivity index (χ3n) is 9.55. The van der Waals surface area contributed by atoms with Crippen LogP contribution < -0.4 is 0 Å². The van der Waals surface area contributed by atoms with Gasteiger partial charge in [0.25, 0.3) is 0 Å². The van der Waals surface area contributed by atoms with E-state index in [-0.39, 0.29) is 23.5 Å².